The molecule has 0 radical (unpaired) electrons. The van der Waals surface area contributed by atoms with Gasteiger partial charge in [0.05, 0.1) is 1.12 Å². The Kier molecular flexibility index (Phi) is 0.627. The molecule has 6 rings (SSSR count). The third-order valence-corrected chi connectivity index (χ3v) is 7.68. The van der Waals surface area contributed by atoms with E-state index in [-0.39, 0.29) is 0 Å². The Morgan fingerprint density at radius 2 is 1.08 bits per heavy atom. The zero-order valence-corrected chi connectivity index (χ0v) is 8.63. The molecular weight excluding hydrogens is 176 g/mol. The lowest BCUT2D eigenvalue weighted by molar-refractivity contribution is -0.588. The first-order valence-electron chi connectivity index (χ1n) is 6.36. The van der Waals surface area contributed by atoms with Crippen molar-refractivity contribution in [1.82, 2.24) is 0 Å². The maximum absolute atomic E-state index is 5.44. The Labute approximate surface area is 87.0 Å². The third-order valence-electron chi connectivity index (χ3n) is 7.68. The number of rotatable bonds is 0. The molecule has 6 saturated carbocycles. The van der Waals surface area contributed by atoms with Gasteiger partial charge in [0.25, 0.3) is 0 Å². The SMILES string of the molecule is C1C2CC3C4CC5CC6C1C23C564.[2H]S. The fourth-order valence-corrected chi connectivity index (χ4v) is 7.89. The minimum absolute atomic E-state index is 1.07. The zero-order valence-electron chi connectivity index (χ0n) is 8.74. The fraction of sp³-hybridized carbons (Fsp3) is 1.00. The monoisotopic (exact) mass is 193 g/mol. The van der Waals surface area contributed by atoms with Crippen molar-refractivity contribution in [3.63, 3.8) is 0 Å². The number of hydrogen-bond acceptors (Lipinski definition) is 0. The first-order valence-corrected chi connectivity index (χ1v) is 5.91. The molecule has 0 aliphatic heterocycles. The van der Waals surface area contributed by atoms with Gasteiger partial charge in [-0.3, -0.25) is 0 Å². The molecule has 0 amide bonds. The largest absolute Gasteiger partial charge is 0.197 e. The summed E-state index contributed by atoms with van der Waals surface area (Å²) in [5.74, 6) is 7.68. The Morgan fingerprint density at radius 1 is 0.769 bits per heavy atom. The van der Waals surface area contributed by atoms with Crippen LogP contribution in [0.2, 0.25) is 0 Å². The van der Waals surface area contributed by atoms with E-state index in [2.05, 4.69) is 13.4 Å². The van der Waals surface area contributed by atoms with Crippen molar-refractivity contribution in [1.29, 1.82) is 1.12 Å². The van der Waals surface area contributed by atoms with E-state index in [0.29, 0.717) is 0 Å². The molecule has 0 heterocycles. The number of fused-ring (bicyclic) bond motifs is 2. The van der Waals surface area contributed by atoms with Gasteiger partial charge in [0.2, 0.25) is 0 Å². The third kappa shape index (κ3) is 0.275. The standard InChI is InChI=1S/C12H14.H2S/c1-5-2-9-10-4-6-3-8-7(1)11(5,9)12(6,8)10;/h5-10H,1-4H2;1H2/i/hD. The highest BCUT2D eigenvalue weighted by Crippen LogP contribution is 3.06. The molecule has 4 atom stereocenters. The smallest absolute Gasteiger partial charge is 0.0985 e. The highest BCUT2D eigenvalue weighted by atomic mass is 32.1. The predicted octanol–water partition coefficient (Wildman–Crippen LogP) is 2.41. The molecule has 1 heteroatoms. The van der Waals surface area contributed by atoms with Crippen LogP contribution in [0.15, 0.2) is 0 Å². The van der Waals surface area contributed by atoms with Crippen molar-refractivity contribution in [2.24, 2.45) is 46.3 Å². The molecular formula is C12H16S. The van der Waals surface area contributed by atoms with Crippen LogP contribution in [-0.2, 0) is 0 Å². The maximum Gasteiger partial charge on any atom is 0.0985 e. The van der Waals surface area contributed by atoms with E-state index >= 15 is 0 Å². The molecule has 0 N–H and O–H groups in total. The van der Waals surface area contributed by atoms with Gasteiger partial charge < -0.3 is 0 Å². The summed E-state index contributed by atoms with van der Waals surface area (Å²) in [4.78, 5) is 0. The molecule has 4 unspecified atom stereocenters. The lowest BCUT2D eigenvalue weighted by Crippen LogP contribution is -3.01. The molecule has 6 aliphatic carbocycles. The van der Waals surface area contributed by atoms with Gasteiger partial charge in [-0.1, -0.05) is 0 Å². The van der Waals surface area contributed by atoms with Crippen LogP contribution in [0.4, 0.5) is 0 Å². The molecule has 6 aliphatic rings. The summed E-state index contributed by atoms with van der Waals surface area (Å²) in [6, 6.07) is 0. The van der Waals surface area contributed by atoms with Crippen LogP contribution < -0.4 is 0 Å². The summed E-state index contributed by atoms with van der Waals surface area (Å²) < 4.78 is 5.44. The second kappa shape index (κ2) is 1.35. The van der Waals surface area contributed by atoms with Crippen molar-refractivity contribution in [2.75, 3.05) is 0 Å². The van der Waals surface area contributed by atoms with Crippen LogP contribution in [0.5, 0.6) is 0 Å². The van der Waals surface area contributed by atoms with Gasteiger partial charge in [0.1, 0.15) is 0 Å². The summed E-state index contributed by atoms with van der Waals surface area (Å²) in [7, 11) is 0. The molecule has 0 aromatic carbocycles. The van der Waals surface area contributed by atoms with E-state index in [1.807, 2.05) is 0 Å². The summed E-state index contributed by atoms with van der Waals surface area (Å²) in [5.41, 5.74) is 2.15. The summed E-state index contributed by atoms with van der Waals surface area (Å²) >= 11 is 2.78. The predicted molar refractivity (Wildman–Crippen MR) is 54.7 cm³/mol. The van der Waals surface area contributed by atoms with E-state index in [9.17, 15) is 0 Å². The quantitative estimate of drug-likeness (QED) is 0.554. The first kappa shape index (κ1) is 6.05. The van der Waals surface area contributed by atoms with Crippen molar-refractivity contribution in [2.45, 2.75) is 25.7 Å². The topological polar surface area (TPSA) is 0 Å². The molecule has 0 aromatic rings. The highest BCUT2D eigenvalue weighted by Gasteiger charge is 3.01. The molecule has 6 fully saturated rings. The maximum atomic E-state index is 5.44. The Morgan fingerprint density at radius 3 is 1.31 bits per heavy atom. The van der Waals surface area contributed by atoms with Crippen molar-refractivity contribution in [3.8, 4) is 0 Å². The van der Waals surface area contributed by atoms with Gasteiger partial charge in [0, 0.05) is 0 Å². The lowest BCUT2D eigenvalue weighted by Gasteiger charge is -3.06. The van der Waals surface area contributed by atoms with Crippen LogP contribution in [0, 0.1) is 46.3 Å². The normalized spacial score (nSPS) is 87.3. The number of hydrogen-bond donors (Lipinski definition) is 0. The Balaban J connectivity index is 0.000000257. The first-order chi connectivity index (χ1) is 6.91. The minimum Gasteiger partial charge on any atom is -0.197 e. The summed E-state index contributed by atoms with van der Waals surface area (Å²) in [5, 5.41) is 0. The van der Waals surface area contributed by atoms with Gasteiger partial charge in [-0.25, -0.2) is 0 Å². The Hall–Kier alpha value is 0.350. The van der Waals surface area contributed by atoms with Crippen LogP contribution in [-0.4, -0.2) is 1.12 Å². The fourth-order valence-electron chi connectivity index (χ4n) is 7.89. The van der Waals surface area contributed by atoms with E-state index in [4.69, 9.17) is 1.12 Å². The van der Waals surface area contributed by atoms with Crippen molar-refractivity contribution >= 4 is 13.4 Å². The summed E-state index contributed by atoms with van der Waals surface area (Å²) in [6.45, 7) is 0. The van der Waals surface area contributed by atoms with Crippen molar-refractivity contribution < 1.29 is 0 Å². The van der Waals surface area contributed by atoms with Gasteiger partial charge in [-0.15, -0.1) is 0 Å². The second-order valence-electron chi connectivity index (χ2n) is 6.63. The minimum atomic E-state index is 1.07. The van der Waals surface area contributed by atoms with Gasteiger partial charge in [-0.2, -0.15) is 13.4 Å². The molecule has 2 spiro atoms. The van der Waals surface area contributed by atoms with Crippen LogP contribution in [0.25, 0.3) is 0 Å². The average Bonchev–Trinajstić information content (AvgIpc) is 2.16. The second-order valence-corrected chi connectivity index (χ2v) is 6.63. The van der Waals surface area contributed by atoms with E-state index in [0.717, 1.165) is 10.8 Å². The van der Waals surface area contributed by atoms with Gasteiger partial charge in [-0.05, 0) is 72.0 Å². The Bertz CT molecular complexity index is 294. The van der Waals surface area contributed by atoms with Gasteiger partial charge in [0.15, 0.2) is 0 Å². The van der Waals surface area contributed by atoms with E-state index < -0.39 is 0 Å². The molecule has 0 bridgehead atoms. The van der Waals surface area contributed by atoms with Crippen LogP contribution in [0.1, 0.15) is 25.7 Å². The van der Waals surface area contributed by atoms with Crippen LogP contribution >= 0.6 is 13.4 Å². The zero-order chi connectivity index (χ0) is 9.29. The van der Waals surface area contributed by atoms with Crippen LogP contribution in [0.3, 0.4) is 0 Å². The molecule has 70 valence electrons. The summed E-state index contributed by atoms with van der Waals surface area (Å²) in [6.07, 6.45) is 6.68. The van der Waals surface area contributed by atoms with E-state index in [1.165, 1.54) is 35.5 Å². The molecule has 13 heavy (non-hydrogen) atoms. The van der Waals surface area contributed by atoms with E-state index in [1.54, 1.807) is 25.7 Å². The highest BCUT2D eigenvalue weighted by molar-refractivity contribution is 7.59. The molecule has 0 nitrogen and oxygen atoms in total. The molecule has 0 aromatic heterocycles. The lowest BCUT2D eigenvalue weighted by atomic mass is 8.98. The van der Waals surface area contributed by atoms with Gasteiger partial charge >= 0.3 is 0 Å². The molecule has 0 saturated heterocycles. The van der Waals surface area contributed by atoms with Crippen molar-refractivity contribution in [3.05, 3.63) is 0 Å². The average molecular weight is 193 g/mol.